The summed E-state index contributed by atoms with van der Waals surface area (Å²) in [7, 11) is 0. The van der Waals surface area contributed by atoms with Gasteiger partial charge in [0.1, 0.15) is 0 Å². The molecule has 1 heterocycles. The molecule has 0 aromatic carbocycles. The van der Waals surface area contributed by atoms with Crippen molar-refractivity contribution in [3.63, 3.8) is 0 Å². The molecule has 0 aromatic rings. The summed E-state index contributed by atoms with van der Waals surface area (Å²) in [6, 6.07) is -0.158. The number of morpholine rings is 1. The molecule has 0 N–H and O–H groups in total. The zero-order valence-electron chi connectivity index (χ0n) is 8.60. The third-order valence-electron chi connectivity index (χ3n) is 2.35. The first-order chi connectivity index (χ1) is 7.44. The SMILES string of the molecule is O=C(CCC(F)(F)F)N1CCOCC1CBr. The molecule has 0 aromatic heterocycles. The van der Waals surface area contributed by atoms with E-state index in [9.17, 15) is 18.0 Å². The van der Waals surface area contributed by atoms with Crippen LogP contribution in [-0.4, -0.2) is 48.1 Å². The second-order valence-corrected chi connectivity index (χ2v) is 4.23. The lowest BCUT2D eigenvalue weighted by molar-refractivity contribution is -0.153. The summed E-state index contributed by atoms with van der Waals surface area (Å²) in [6.45, 7) is 1.14. The van der Waals surface area contributed by atoms with Crippen molar-refractivity contribution in [2.24, 2.45) is 0 Å². The number of amides is 1. The fourth-order valence-corrected chi connectivity index (χ4v) is 2.04. The van der Waals surface area contributed by atoms with Crippen LogP contribution in [0.5, 0.6) is 0 Å². The van der Waals surface area contributed by atoms with Crippen LogP contribution in [-0.2, 0) is 9.53 Å². The van der Waals surface area contributed by atoms with Gasteiger partial charge >= 0.3 is 6.18 Å². The molecule has 1 aliphatic rings. The maximum absolute atomic E-state index is 12.0. The van der Waals surface area contributed by atoms with Crippen molar-refractivity contribution >= 4 is 21.8 Å². The first-order valence-electron chi connectivity index (χ1n) is 4.94. The van der Waals surface area contributed by atoms with Gasteiger partial charge in [-0.05, 0) is 0 Å². The van der Waals surface area contributed by atoms with E-state index in [1.807, 2.05) is 0 Å². The highest BCUT2D eigenvalue weighted by Gasteiger charge is 2.31. The average molecular weight is 304 g/mol. The predicted molar refractivity (Wildman–Crippen MR) is 55.4 cm³/mol. The summed E-state index contributed by atoms with van der Waals surface area (Å²) in [5, 5.41) is 0.519. The van der Waals surface area contributed by atoms with Crippen molar-refractivity contribution in [2.45, 2.75) is 25.1 Å². The van der Waals surface area contributed by atoms with Crippen LogP contribution in [0.4, 0.5) is 13.2 Å². The Morgan fingerprint density at radius 3 is 2.75 bits per heavy atom. The fraction of sp³-hybridized carbons (Fsp3) is 0.889. The number of hydrogen-bond donors (Lipinski definition) is 0. The normalized spacial score (nSPS) is 22.2. The van der Waals surface area contributed by atoms with Crippen LogP contribution in [0.25, 0.3) is 0 Å². The molecular formula is C9H13BrF3NO2. The molecule has 1 atom stereocenters. The second-order valence-electron chi connectivity index (χ2n) is 3.59. The van der Waals surface area contributed by atoms with Crippen molar-refractivity contribution < 1.29 is 22.7 Å². The maximum atomic E-state index is 12.0. The quantitative estimate of drug-likeness (QED) is 0.746. The van der Waals surface area contributed by atoms with Crippen LogP contribution in [0.1, 0.15) is 12.8 Å². The van der Waals surface area contributed by atoms with Gasteiger partial charge in [-0.3, -0.25) is 4.79 Å². The number of ether oxygens (including phenoxy) is 1. The van der Waals surface area contributed by atoms with E-state index in [1.165, 1.54) is 4.90 Å². The molecule has 16 heavy (non-hydrogen) atoms. The Kier molecular flexibility index (Phi) is 5.04. The van der Waals surface area contributed by atoms with Crippen molar-refractivity contribution in [3.05, 3.63) is 0 Å². The standard InChI is InChI=1S/C9H13BrF3NO2/c10-5-7-6-16-4-3-14(7)8(15)1-2-9(11,12)13/h7H,1-6H2. The lowest BCUT2D eigenvalue weighted by Gasteiger charge is -2.34. The van der Waals surface area contributed by atoms with Crippen LogP contribution in [0.3, 0.4) is 0 Å². The van der Waals surface area contributed by atoms with E-state index in [0.29, 0.717) is 25.1 Å². The van der Waals surface area contributed by atoms with Crippen molar-refractivity contribution in [3.8, 4) is 0 Å². The van der Waals surface area contributed by atoms with Gasteiger partial charge in [0.15, 0.2) is 0 Å². The summed E-state index contributed by atoms with van der Waals surface area (Å²) in [4.78, 5) is 13.0. The smallest absolute Gasteiger partial charge is 0.377 e. The number of halogens is 4. The number of hydrogen-bond acceptors (Lipinski definition) is 2. The summed E-state index contributed by atoms with van der Waals surface area (Å²) in [5.41, 5.74) is 0. The molecule has 0 saturated carbocycles. The van der Waals surface area contributed by atoms with Gasteiger partial charge < -0.3 is 9.64 Å². The molecular weight excluding hydrogens is 291 g/mol. The van der Waals surface area contributed by atoms with Gasteiger partial charge in [-0.1, -0.05) is 15.9 Å². The van der Waals surface area contributed by atoms with Crippen LogP contribution in [0.2, 0.25) is 0 Å². The molecule has 0 bridgehead atoms. The highest BCUT2D eigenvalue weighted by atomic mass is 79.9. The first-order valence-corrected chi connectivity index (χ1v) is 6.06. The molecule has 7 heteroatoms. The van der Waals surface area contributed by atoms with Crippen molar-refractivity contribution in [1.82, 2.24) is 4.90 Å². The Labute approximate surface area is 100 Å². The number of alkyl halides is 4. The van der Waals surface area contributed by atoms with Crippen molar-refractivity contribution in [1.29, 1.82) is 0 Å². The molecule has 0 spiro atoms. The monoisotopic (exact) mass is 303 g/mol. The maximum Gasteiger partial charge on any atom is 0.389 e. The Morgan fingerprint density at radius 1 is 1.50 bits per heavy atom. The van der Waals surface area contributed by atoms with Crippen LogP contribution in [0.15, 0.2) is 0 Å². The van der Waals surface area contributed by atoms with Gasteiger partial charge in [-0.15, -0.1) is 0 Å². The average Bonchev–Trinajstić information content (AvgIpc) is 2.25. The molecule has 1 rings (SSSR count). The zero-order chi connectivity index (χ0) is 12.2. The fourth-order valence-electron chi connectivity index (χ4n) is 1.50. The zero-order valence-corrected chi connectivity index (χ0v) is 10.2. The third kappa shape index (κ3) is 4.29. The molecule has 1 unspecified atom stereocenters. The van der Waals surface area contributed by atoms with Crippen LogP contribution < -0.4 is 0 Å². The van der Waals surface area contributed by atoms with Crippen LogP contribution >= 0.6 is 15.9 Å². The number of carbonyl (C=O) groups is 1. The van der Waals surface area contributed by atoms with Gasteiger partial charge in [0.05, 0.1) is 25.7 Å². The van der Waals surface area contributed by atoms with E-state index in [2.05, 4.69) is 15.9 Å². The van der Waals surface area contributed by atoms with Gasteiger partial charge in [-0.25, -0.2) is 0 Å². The van der Waals surface area contributed by atoms with E-state index in [0.717, 1.165) is 0 Å². The molecule has 1 saturated heterocycles. The molecule has 0 aliphatic carbocycles. The number of nitrogens with zero attached hydrogens (tertiary/aromatic N) is 1. The van der Waals surface area contributed by atoms with E-state index in [1.54, 1.807) is 0 Å². The Hall–Kier alpha value is -0.300. The molecule has 94 valence electrons. The molecule has 1 fully saturated rings. The van der Waals surface area contributed by atoms with Gasteiger partial charge in [-0.2, -0.15) is 13.2 Å². The number of carbonyl (C=O) groups excluding carboxylic acids is 1. The van der Waals surface area contributed by atoms with Gasteiger partial charge in [0.25, 0.3) is 0 Å². The Morgan fingerprint density at radius 2 is 2.19 bits per heavy atom. The predicted octanol–water partition coefficient (Wildman–Crippen LogP) is 1.95. The summed E-state index contributed by atoms with van der Waals surface area (Å²) in [5.74, 6) is -0.454. The molecule has 1 aliphatic heterocycles. The first kappa shape index (κ1) is 13.8. The van der Waals surface area contributed by atoms with E-state index < -0.39 is 24.9 Å². The highest BCUT2D eigenvalue weighted by Crippen LogP contribution is 2.22. The third-order valence-corrected chi connectivity index (χ3v) is 3.10. The highest BCUT2D eigenvalue weighted by molar-refractivity contribution is 9.09. The van der Waals surface area contributed by atoms with Gasteiger partial charge in [0.2, 0.25) is 5.91 Å². The summed E-state index contributed by atoms with van der Waals surface area (Å²) < 4.78 is 41.0. The molecule has 3 nitrogen and oxygen atoms in total. The Balaban J connectivity index is 2.45. The topological polar surface area (TPSA) is 29.5 Å². The lowest BCUT2D eigenvalue weighted by Crippen LogP contribution is -2.49. The Bertz CT molecular complexity index is 247. The largest absolute Gasteiger partial charge is 0.389 e. The van der Waals surface area contributed by atoms with Crippen LogP contribution in [0, 0.1) is 0 Å². The van der Waals surface area contributed by atoms with E-state index in [-0.39, 0.29) is 6.04 Å². The minimum Gasteiger partial charge on any atom is -0.377 e. The van der Waals surface area contributed by atoms with E-state index in [4.69, 9.17) is 4.74 Å². The second kappa shape index (κ2) is 5.86. The lowest BCUT2D eigenvalue weighted by atomic mass is 10.2. The van der Waals surface area contributed by atoms with Crippen molar-refractivity contribution in [2.75, 3.05) is 25.1 Å². The summed E-state index contributed by atoms with van der Waals surface area (Å²) in [6.07, 6.45) is -5.81. The summed E-state index contributed by atoms with van der Waals surface area (Å²) >= 11 is 3.21. The minimum absolute atomic E-state index is 0.158. The molecule has 1 amide bonds. The number of rotatable bonds is 3. The van der Waals surface area contributed by atoms with Gasteiger partial charge in [0, 0.05) is 18.3 Å². The van der Waals surface area contributed by atoms with E-state index >= 15 is 0 Å². The minimum atomic E-state index is -4.27. The molecule has 0 radical (unpaired) electrons.